The van der Waals surface area contributed by atoms with E-state index in [1.54, 1.807) is 0 Å². The highest BCUT2D eigenvalue weighted by Gasteiger charge is 2.34. The number of aliphatic carboxylic acids is 1. The maximum atomic E-state index is 11.9. The molecular formula is C15H26N2O3. The van der Waals surface area contributed by atoms with Crippen LogP contribution in [0.25, 0.3) is 0 Å². The Morgan fingerprint density at radius 1 is 1.05 bits per heavy atom. The molecule has 0 radical (unpaired) electrons. The highest BCUT2D eigenvalue weighted by Crippen LogP contribution is 2.38. The van der Waals surface area contributed by atoms with Gasteiger partial charge in [-0.1, -0.05) is 32.1 Å². The maximum Gasteiger partial charge on any atom is 0.315 e. The highest BCUT2D eigenvalue weighted by molar-refractivity contribution is 5.74. The Hall–Kier alpha value is -1.26. The Morgan fingerprint density at radius 3 is 2.30 bits per heavy atom. The number of amides is 2. The molecule has 2 amide bonds. The zero-order chi connectivity index (χ0) is 14.4. The molecule has 2 aliphatic carbocycles. The summed E-state index contributed by atoms with van der Waals surface area (Å²) in [5.74, 6) is -0.759. The normalized spacial score (nSPS) is 22.4. The SMILES string of the molecule is O=C(O)CC1(CNC(=O)NC2CCCC2)CCCCC1. The number of hydrogen-bond acceptors (Lipinski definition) is 2. The van der Waals surface area contributed by atoms with E-state index >= 15 is 0 Å². The van der Waals surface area contributed by atoms with Crippen LogP contribution in [0.1, 0.15) is 64.2 Å². The van der Waals surface area contributed by atoms with E-state index in [0.717, 1.165) is 38.5 Å². The van der Waals surface area contributed by atoms with Crippen molar-refractivity contribution >= 4 is 12.0 Å². The van der Waals surface area contributed by atoms with Crippen LogP contribution >= 0.6 is 0 Å². The van der Waals surface area contributed by atoms with Gasteiger partial charge in [-0.3, -0.25) is 4.79 Å². The lowest BCUT2D eigenvalue weighted by atomic mass is 9.72. The molecule has 0 bridgehead atoms. The van der Waals surface area contributed by atoms with Gasteiger partial charge < -0.3 is 15.7 Å². The predicted octanol–water partition coefficient (Wildman–Crippen LogP) is 2.65. The van der Waals surface area contributed by atoms with Crippen LogP contribution in [0.4, 0.5) is 4.79 Å². The minimum absolute atomic E-state index is 0.132. The van der Waals surface area contributed by atoms with E-state index in [2.05, 4.69) is 10.6 Å². The zero-order valence-corrected chi connectivity index (χ0v) is 12.1. The van der Waals surface area contributed by atoms with Crippen LogP contribution in [0.15, 0.2) is 0 Å². The third-order valence-electron chi connectivity index (χ3n) is 4.75. The van der Waals surface area contributed by atoms with Gasteiger partial charge >= 0.3 is 12.0 Å². The summed E-state index contributed by atoms with van der Waals surface area (Å²) in [4.78, 5) is 23.0. The van der Waals surface area contributed by atoms with E-state index in [4.69, 9.17) is 5.11 Å². The van der Waals surface area contributed by atoms with Crippen LogP contribution in [-0.4, -0.2) is 29.7 Å². The molecule has 0 aromatic rings. The molecule has 2 rings (SSSR count). The molecule has 0 spiro atoms. The van der Waals surface area contributed by atoms with Gasteiger partial charge in [0, 0.05) is 12.6 Å². The number of urea groups is 1. The minimum Gasteiger partial charge on any atom is -0.481 e. The van der Waals surface area contributed by atoms with Crippen LogP contribution in [0, 0.1) is 5.41 Å². The Morgan fingerprint density at radius 2 is 1.70 bits per heavy atom. The first-order chi connectivity index (χ1) is 9.60. The Balaban J connectivity index is 1.81. The number of hydrogen-bond donors (Lipinski definition) is 3. The van der Waals surface area contributed by atoms with Crippen LogP contribution in [0.5, 0.6) is 0 Å². The van der Waals surface area contributed by atoms with Gasteiger partial charge in [0.25, 0.3) is 0 Å². The van der Waals surface area contributed by atoms with Gasteiger partial charge in [0.15, 0.2) is 0 Å². The summed E-state index contributed by atoms with van der Waals surface area (Å²) >= 11 is 0. The molecular weight excluding hydrogens is 256 g/mol. The van der Waals surface area contributed by atoms with Crippen LogP contribution in [-0.2, 0) is 4.79 Å². The second-order valence-electron chi connectivity index (χ2n) is 6.44. The number of carboxylic acids is 1. The smallest absolute Gasteiger partial charge is 0.315 e. The van der Waals surface area contributed by atoms with Crippen molar-refractivity contribution in [3.8, 4) is 0 Å². The summed E-state index contributed by atoms with van der Waals surface area (Å²) in [6.07, 6.45) is 9.79. The number of nitrogens with one attached hydrogen (secondary N) is 2. The first-order valence-corrected chi connectivity index (χ1v) is 7.86. The molecule has 0 saturated heterocycles. The summed E-state index contributed by atoms with van der Waals surface area (Å²) in [6, 6.07) is 0.170. The Kier molecular flexibility index (Phi) is 5.26. The average molecular weight is 282 g/mol. The van der Waals surface area contributed by atoms with E-state index in [-0.39, 0.29) is 17.9 Å². The fraction of sp³-hybridized carbons (Fsp3) is 0.867. The Labute approximate surface area is 120 Å². The summed E-state index contributed by atoms with van der Waals surface area (Å²) in [5.41, 5.74) is -0.239. The lowest BCUT2D eigenvalue weighted by molar-refractivity contribution is -0.140. The van der Waals surface area contributed by atoms with E-state index in [1.165, 1.54) is 19.3 Å². The first kappa shape index (κ1) is 15.1. The summed E-state index contributed by atoms with van der Waals surface area (Å²) in [7, 11) is 0. The summed E-state index contributed by atoms with van der Waals surface area (Å²) < 4.78 is 0. The molecule has 5 heteroatoms. The first-order valence-electron chi connectivity index (χ1n) is 7.86. The molecule has 0 aromatic heterocycles. The molecule has 0 unspecified atom stereocenters. The zero-order valence-electron chi connectivity index (χ0n) is 12.1. The van der Waals surface area contributed by atoms with Gasteiger partial charge in [0.1, 0.15) is 0 Å². The van der Waals surface area contributed by atoms with E-state index in [1.807, 2.05) is 0 Å². The second kappa shape index (κ2) is 6.95. The molecule has 0 aromatic carbocycles. The van der Waals surface area contributed by atoms with Crippen LogP contribution < -0.4 is 10.6 Å². The molecule has 2 fully saturated rings. The number of carbonyl (C=O) groups excluding carboxylic acids is 1. The Bertz CT molecular complexity index is 345. The fourth-order valence-electron chi connectivity index (χ4n) is 3.61. The third-order valence-corrected chi connectivity index (χ3v) is 4.75. The van der Waals surface area contributed by atoms with Crippen molar-refractivity contribution in [2.24, 2.45) is 5.41 Å². The maximum absolute atomic E-state index is 11.9. The molecule has 114 valence electrons. The fourth-order valence-corrected chi connectivity index (χ4v) is 3.61. The monoisotopic (exact) mass is 282 g/mol. The van der Waals surface area contributed by atoms with E-state index in [9.17, 15) is 9.59 Å². The molecule has 0 atom stereocenters. The molecule has 2 aliphatic rings. The van der Waals surface area contributed by atoms with Gasteiger partial charge in [-0.15, -0.1) is 0 Å². The van der Waals surface area contributed by atoms with Crippen molar-refractivity contribution < 1.29 is 14.7 Å². The molecule has 5 nitrogen and oxygen atoms in total. The number of rotatable bonds is 5. The van der Waals surface area contributed by atoms with Crippen molar-refractivity contribution in [2.45, 2.75) is 70.3 Å². The third kappa shape index (κ3) is 4.39. The second-order valence-corrected chi connectivity index (χ2v) is 6.44. The van der Waals surface area contributed by atoms with Gasteiger partial charge in [-0.05, 0) is 31.1 Å². The van der Waals surface area contributed by atoms with Crippen molar-refractivity contribution in [3.05, 3.63) is 0 Å². The largest absolute Gasteiger partial charge is 0.481 e. The summed E-state index contributed by atoms with van der Waals surface area (Å²) in [6.45, 7) is 0.484. The standard InChI is InChI=1S/C15H26N2O3/c18-13(19)10-15(8-4-1-5-9-15)11-16-14(20)17-12-6-2-3-7-12/h12H,1-11H2,(H,18,19)(H2,16,17,20). The minimum atomic E-state index is -0.759. The lowest BCUT2D eigenvalue weighted by Crippen LogP contribution is -2.46. The average Bonchev–Trinajstić information content (AvgIpc) is 2.90. The van der Waals surface area contributed by atoms with E-state index in [0.29, 0.717) is 12.6 Å². The van der Waals surface area contributed by atoms with Crippen molar-refractivity contribution in [1.82, 2.24) is 10.6 Å². The molecule has 0 aliphatic heterocycles. The van der Waals surface area contributed by atoms with Gasteiger partial charge in [0.05, 0.1) is 6.42 Å². The lowest BCUT2D eigenvalue weighted by Gasteiger charge is -2.36. The van der Waals surface area contributed by atoms with E-state index < -0.39 is 5.97 Å². The van der Waals surface area contributed by atoms with Gasteiger partial charge in [0.2, 0.25) is 0 Å². The summed E-state index contributed by atoms with van der Waals surface area (Å²) in [5, 5.41) is 15.0. The van der Waals surface area contributed by atoms with Gasteiger partial charge in [-0.2, -0.15) is 0 Å². The number of carbonyl (C=O) groups is 2. The van der Waals surface area contributed by atoms with Crippen molar-refractivity contribution in [1.29, 1.82) is 0 Å². The van der Waals surface area contributed by atoms with Crippen LogP contribution in [0.2, 0.25) is 0 Å². The number of carboxylic acid groups (broad SMARTS) is 1. The van der Waals surface area contributed by atoms with Crippen molar-refractivity contribution in [3.63, 3.8) is 0 Å². The quantitative estimate of drug-likeness (QED) is 0.725. The molecule has 20 heavy (non-hydrogen) atoms. The molecule has 0 heterocycles. The van der Waals surface area contributed by atoms with Gasteiger partial charge in [-0.25, -0.2) is 4.79 Å². The highest BCUT2D eigenvalue weighted by atomic mass is 16.4. The predicted molar refractivity (Wildman–Crippen MR) is 76.6 cm³/mol. The molecule has 2 saturated carbocycles. The van der Waals surface area contributed by atoms with Crippen molar-refractivity contribution in [2.75, 3.05) is 6.54 Å². The van der Waals surface area contributed by atoms with Crippen LogP contribution in [0.3, 0.4) is 0 Å². The topological polar surface area (TPSA) is 78.4 Å². The molecule has 3 N–H and O–H groups in total.